The average molecular weight is 416 g/mol. The van der Waals surface area contributed by atoms with Gasteiger partial charge in [-0.2, -0.15) is 0 Å². The molecule has 0 radical (unpaired) electrons. The molecule has 1 aliphatic rings. The molecule has 8 heteroatoms. The van der Waals surface area contributed by atoms with Crippen molar-refractivity contribution in [3.8, 4) is 0 Å². The van der Waals surface area contributed by atoms with Crippen LogP contribution in [0.25, 0.3) is 0 Å². The number of hydrogen-bond donors (Lipinski definition) is 2. The second kappa shape index (κ2) is 6.89. The van der Waals surface area contributed by atoms with Crippen molar-refractivity contribution in [2.45, 2.75) is 18.4 Å². The molecule has 0 spiro atoms. The number of anilines is 2. The molecule has 25 heavy (non-hydrogen) atoms. The van der Waals surface area contributed by atoms with Crippen molar-refractivity contribution in [1.29, 1.82) is 0 Å². The van der Waals surface area contributed by atoms with E-state index in [1.54, 1.807) is 17.8 Å². The monoisotopic (exact) mass is 415 g/mol. The smallest absolute Gasteiger partial charge is 0.259 e. The first-order valence-electron chi connectivity index (χ1n) is 7.75. The summed E-state index contributed by atoms with van der Waals surface area (Å²) in [5.41, 5.74) is 3.37. The van der Waals surface area contributed by atoms with E-state index in [9.17, 15) is 4.79 Å². The molecule has 1 fully saturated rings. The van der Waals surface area contributed by atoms with Crippen LogP contribution in [-0.4, -0.2) is 27.1 Å². The van der Waals surface area contributed by atoms with E-state index in [1.807, 2.05) is 12.1 Å². The maximum atomic E-state index is 12.1. The maximum Gasteiger partial charge on any atom is 0.259 e. The molecule has 1 aromatic carbocycles. The molecule has 3 aromatic rings. The summed E-state index contributed by atoms with van der Waals surface area (Å²) in [6.07, 6.45) is 2.64. The number of carbonyl (C=O) groups is 1. The summed E-state index contributed by atoms with van der Waals surface area (Å²) in [5.74, 6) is 1.01. The molecular formula is C17H14BrN5OS. The van der Waals surface area contributed by atoms with Crippen LogP contribution in [0.1, 0.15) is 28.3 Å². The summed E-state index contributed by atoms with van der Waals surface area (Å²) in [6.45, 7) is 0. The summed E-state index contributed by atoms with van der Waals surface area (Å²) in [6, 6.07) is 12.2. The zero-order valence-electron chi connectivity index (χ0n) is 13.0. The van der Waals surface area contributed by atoms with Gasteiger partial charge in [0.15, 0.2) is 0 Å². The van der Waals surface area contributed by atoms with Gasteiger partial charge >= 0.3 is 0 Å². The SMILES string of the molecule is O=C(Nc1nncs1)c1ccc(NC2CC2c2ccccc2Br)nc1. The van der Waals surface area contributed by atoms with Gasteiger partial charge in [0.2, 0.25) is 5.13 Å². The van der Waals surface area contributed by atoms with Gasteiger partial charge in [-0.05, 0) is 30.2 Å². The topological polar surface area (TPSA) is 79.8 Å². The number of halogens is 1. The van der Waals surface area contributed by atoms with Crippen LogP contribution in [-0.2, 0) is 0 Å². The van der Waals surface area contributed by atoms with Crippen LogP contribution in [0.4, 0.5) is 10.9 Å². The van der Waals surface area contributed by atoms with Crippen LogP contribution in [0.2, 0.25) is 0 Å². The third kappa shape index (κ3) is 3.69. The molecule has 126 valence electrons. The van der Waals surface area contributed by atoms with Crippen molar-refractivity contribution in [2.24, 2.45) is 0 Å². The molecule has 2 atom stereocenters. The predicted octanol–water partition coefficient (Wildman–Crippen LogP) is 3.92. The minimum atomic E-state index is -0.242. The number of nitrogens with one attached hydrogen (secondary N) is 2. The fourth-order valence-corrected chi connectivity index (χ4v) is 3.69. The Kier molecular flexibility index (Phi) is 4.46. The molecule has 0 saturated heterocycles. The number of aromatic nitrogens is 3. The Morgan fingerprint density at radius 1 is 1.24 bits per heavy atom. The number of nitrogens with zero attached hydrogens (tertiary/aromatic N) is 3. The van der Waals surface area contributed by atoms with Crippen LogP contribution in [0.3, 0.4) is 0 Å². The minimum absolute atomic E-state index is 0.242. The third-order valence-electron chi connectivity index (χ3n) is 4.03. The molecule has 2 unspecified atom stereocenters. The summed E-state index contributed by atoms with van der Waals surface area (Å²) in [4.78, 5) is 16.4. The summed E-state index contributed by atoms with van der Waals surface area (Å²) in [7, 11) is 0. The van der Waals surface area contributed by atoms with Gasteiger partial charge in [-0.3, -0.25) is 10.1 Å². The first kappa shape index (κ1) is 16.2. The third-order valence-corrected chi connectivity index (χ3v) is 5.36. The molecular weight excluding hydrogens is 402 g/mol. The van der Waals surface area contributed by atoms with E-state index in [1.165, 1.54) is 16.9 Å². The minimum Gasteiger partial charge on any atom is -0.367 e. The molecule has 1 saturated carbocycles. The summed E-state index contributed by atoms with van der Waals surface area (Å²) < 4.78 is 1.14. The van der Waals surface area contributed by atoms with E-state index < -0.39 is 0 Å². The maximum absolute atomic E-state index is 12.1. The molecule has 2 heterocycles. The fourth-order valence-electron chi connectivity index (χ4n) is 2.67. The van der Waals surface area contributed by atoms with E-state index in [0.717, 1.165) is 16.7 Å². The van der Waals surface area contributed by atoms with Crippen molar-refractivity contribution >= 4 is 44.1 Å². The lowest BCUT2D eigenvalue weighted by molar-refractivity contribution is 0.102. The zero-order chi connectivity index (χ0) is 17.2. The second-order valence-electron chi connectivity index (χ2n) is 5.74. The van der Waals surface area contributed by atoms with Crippen LogP contribution >= 0.6 is 27.3 Å². The number of pyridine rings is 1. The quantitative estimate of drug-likeness (QED) is 0.659. The van der Waals surface area contributed by atoms with Gasteiger partial charge < -0.3 is 5.32 Å². The Morgan fingerprint density at radius 2 is 2.12 bits per heavy atom. The lowest BCUT2D eigenvalue weighted by Crippen LogP contribution is -2.13. The van der Waals surface area contributed by atoms with Crippen LogP contribution in [0, 0.1) is 0 Å². The predicted molar refractivity (Wildman–Crippen MR) is 101 cm³/mol. The normalized spacial score (nSPS) is 18.6. The highest BCUT2D eigenvalue weighted by Crippen LogP contribution is 2.45. The van der Waals surface area contributed by atoms with Gasteiger partial charge in [0.05, 0.1) is 5.56 Å². The Hall–Kier alpha value is -2.32. The van der Waals surface area contributed by atoms with E-state index in [4.69, 9.17) is 0 Å². The van der Waals surface area contributed by atoms with Crippen molar-refractivity contribution in [3.05, 3.63) is 63.7 Å². The summed E-state index contributed by atoms with van der Waals surface area (Å²) >= 11 is 4.88. The molecule has 0 bridgehead atoms. The van der Waals surface area contributed by atoms with Crippen molar-refractivity contribution in [1.82, 2.24) is 15.2 Å². The molecule has 2 aromatic heterocycles. The molecule has 0 aliphatic heterocycles. The molecule has 4 rings (SSSR count). The highest BCUT2D eigenvalue weighted by Gasteiger charge is 2.39. The Labute approximate surface area is 156 Å². The van der Waals surface area contributed by atoms with Crippen molar-refractivity contribution in [2.75, 3.05) is 10.6 Å². The lowest BCUT2D eigenvalue weighted by atomic mass is 10.1. The number of benzene rings is 1. The number of rotatable bonds is 5. The Balaban J connectivity index is 1.37. The molecule has 6 nitrogen and oxygen atoms in total. The van der Waals surface area contributed by atoms with Crippen LogP contribution in [0.15, 0.2) is 52.6 Å². The Bertz CT molecular complexity index is 884. The van der Waals surface area contributed by atoms with E-state index in [2.05, 4.69) is 59.9 Å². The average Bonchev–Trinajstić information content (AvgIpc) is 3.17. The highest BCUT2D eigenvalue weighted by molar-refractivity contribution is 9.10. The first-order chi connectivity index (χ1) is 12.2. The van der Waals surface area contributed by atoms with Gasteiger partial charge in [-0.25, -0.2) is 4.98 Å². The lowest BCUT2D eigenvalue weighted by Gasteiger charge is -2.07. The van der Waals surface area contributed by atoms with Crippen LogP contribution in [0.5, 0.6) is 0 Å². The molecule has 1 aliphatic carbocycles. The van der Waals surface area contributed by atoms with Gasteiger partial charge in [-0.15, -0.1) is 10.2 Å². The Morgan fingerprint density at radius 3 is 2.84 bits per heavy atom. The number of hydrogen-bond acceptors (Lipinski definition) is 6. The van der Waals surface area contributed by atoms with Gasteiger partial charge in [-0.1, -0.05) is 45.5 Å². The highest BCUT2D eigenvalue weighted by atomic mass is 79.9. The summed E-state index contributed by atoms with van der Waals surface area (Å²) in [5, 5.41) is 14.1. The van der Waals surface area contributed by atoms with Gasteiger partial charge in [0, 0.05) is 22.6 Å². The van der Waals surface area contributed by atoms with E-state index in [-0.39, 0.29) is 5.91 Å². The molecule has 1 amide bonds. The number of carbonyl (C=O) groups excluding carboxylic acids is 1. The van der Waals surface area contributed by atoms with E-state index >= 15 is 0 Å². The van der Waals surface area contributed by atoms with E-state index in [0.29, 0.717) is 22.7 Å². The fraction of sp³-hybridized carbons (Fsp3) is 0.176. The number of amides is 1. The van der Waals surface area contributed by atoms with Gasteiger partial charge in [0.25, 0.3) is 5.91 Å². The zero-order valence-corrected chi connectivity index (χ0v) is 15.4. The van der Waals surface area contributed by atoms with Crippen molar-refractivity contribution < 1.29 is 4.79 Å². The largest absolute Gasteiger partial charge is 0.367 e. The second-order valence-corrected chi connectivity index (χ2v) is 7.43. The van der Waals surface area contributed by atoms with Crippen molar-refractivity contribution in [3.63, 3.8) is 0 Å². The first-order valence-corrected chi connectivity index (χ1v) is 9.42. The standard InChI is InChI=1S/C17H14BrN5OS/c18-13-4-2-1-3-11(13)12-7-14(12)21-15-6-5-10(8-19-15)16(24)22-17-23-20-9-25-17/h1-6,8-9,12,14H,7H2,(H,19,21)(H,22,23,24). The molecule has 2 N–H and O–H groups in total. The van der Waals surface area contributed by atoms with Crippen LogP contribution < -0.4 is 10.6 Å². The van der Waals surface area contributed by atoms with Gasteiger partial charge in [0.1, 0.15) is 11.3 Å².